The third-order valence-electron chi connectivity index (χ3n) is 0.375. The number of rotatable bonds is 2. The van der Waals surface area contributed by atoms with E-state index in [1.807, 2.05) is 0 Å². The van der Waals surface area contributed by atoms with Crippen LogP contribution in [0.25, 0.3) is 0 Å². The van der Waals surface area contributed by atoms with Crippen molar-refractivity contribution in [1.29, 1.82) is 0 Å². The summed E-state index contributed by atoms with van der Waals surface area (Å²) in [6, 6.07) is 0. The monoisotopic (exact) mass is 96.1 g/mol. The Bertz CT molecular complexity index is 98.6. The van der Waals surface area contributed by atoms with E-state index in [1.165, 1.54) is 6.20 Å². The molecule has 0 aromatic rings. The van der Waals surface area contributed by atoms with E-state index in [1.54, 1.807) is 13.2 Å². The molecule has 0 amide bonds. The van der Waals surface area contributed by atoms with Gasteiger partial charge in [0.05, 0.1) is 6.20 Å². The van der Waals surface area contributed by atoms with Crippen LogP contribution >= 0.6 is 0 Å². The highest BCUT2D eigenvalue weighted by Crippen LogP contribution is 1.56. The summed E-state index contributed by atoms with van der Waals surface area (Å²) in [5.41, 5.74) is 0. The first-order valence-corrected chi connectivity index (χ1v) is 1.97. The Kier molecular flexibility index (Phi) is 4.27. The molecular weight excluding hydrogens is 88.1 g/mol. The summed E-state index contributed by atoms with van der Waals surface area (Å²) in [5.74, 6) is 2.56. The van der Waals surface area contributed by atoms with Gasteiger partial charge in [0.2, 0.25) is 0 Å². The van der Waals surface area contributed by atoms with Gasteiger partial charge in [0.25, 0.3) is 0 Å². The maximum atomic E-state index is 3.56. The standard InChI is InChI=1S/C5H8N2/c1-3-7-5-4-6-2/h3-4,6H,1H2,2H3. The molecule has 0 aromatic heterocycles. The average molecular weight is 96.1 g/mol. The van der Waals surface area contributed by atoms with Crippen LogP contribution in [0.1, 0.15) is 0 Å². The van der Waals surface area contributed by atoms with Crippen LogP contribution in [0.3, 0.4) is 0 Å². The van der Waals surface area contributed by atoms with Crippen molar-refractivity contribution >= 4 is 5.87 Å². The van der Waals surface area contributed by atoms with Crippen LogP contribution in [0.15, 0.2) is 24.0 Å². The lowest BCUT2D eigenvalue weighted by atomic mass is 10.9. The van der Waals surface area contributed by atoms with Crippen molar-refractivity contribution in [2.24, 2.45) is 4.99 Å². The van der Waals surface area contributed by atoms with Gasteiger partial charge in [-0.2, -0.15) is 0 Å². The highest BCUT2D eigenvalue weighted by Gasteiger charge is 1.48. The molecule has 0 fully saturated rings. The summed E-state index contributed by atoms with van der Waals surface area (Å²) in [6.45, 7) is 3.36. The Morgan fingerprint density at radius 2 is 2.57 bits per heavy atom. The van der Waals surface area contributed by atoms with Gasteiger partial charge in [-0.05, 0) is 0 Å². The molecular formula is C5H8N2. The van der Waals surface area contributed by atoms with Crippen LogP contribution in [0.2, 0.25) is 0 Å². The maximum absolute atomic E-state index is 3.56. The van der Waals surface area contributed by atoms with Crippen molar-refractivity contribution in [1.82, 2.24) is 5.32 Å². The van der Waals surface area contributed by atoms with Crippen LogP contribution in [0.5, 0.6) is 0 Å². The minimum atomic E-state index is 1.42. The smallest absolute Gasteiger partial charge is 0.0593 e. The molecule has 0 aromatic carbocycles. The van der Waals surface area contributed by atoms with Gasteiger partial charge in [-0.25, -0.2) is 4.99 Å². The van der Waals surface area contributed by atoms with Crippen molar-refractivity contribution in [3.8, 4) is 0 Å². The fraction of sp³-hybridized carbons (Fsp3) is 0.200. The van der Waals surface area contributed by atoms with E-state index in [-0.39, 0.29) is 0 Å². The van der Waals surface area contributed by atoms with Crippen LogP contribution in [-0.4, -0.2) is 12.9 Å². The minimum absolute atomic E-state index is 1.42. The second kappa shape index (κ2) is 4.99. The lowest BCUT2D eigenvalue weighted by Crippen LogP contribution is -1.90. The fourth-order valence-electron chi connectivity index (χ4n) is 0.155. The summed E-state index contributed by atoms with van der Waals surface area (Å²) < 4.78 is 0. The van der Waals surface area contributed by atoms with Crippen molar-refractivity contribution < 1.29 is 0 Å². The molecule has 0 radical (unpaired) electrons. The zero-order valence-corrected chi connectivity index (χ0v) is 4.31. The molecule has 7 heavy (non-hydrogen) atoms. The second-order valence-corrected chi connectivity index (χ2v) is 0.874. The van der Waals surface area contributed by atoms with Gasteiger partial charge >= 0.3 is 0 Å². The molecule has 38 valence electrons. The molecule has 0 rings (SSSR count). The zero-order valence-electron chi connectivity index (χ0n) is 4.31. The molecule has 0 saturated carbocycles. The third-order valence-corrected chi connectivity index (χ3v) is 0.375. The van der Waals surface area contributed by atoms with Gasteiger partial charge in [-0.1, -0.05) is 6.58 Å². The van der Waals surface area contributed by atoms with Crippen LogP contribution < -0.4 is 5.32 Å². The summed E-state index contributed by atoms with van der Waals surface area (Å²) in [4.78, 5) is 3.56. The normalized spacial score (nSPS) is 5.86. The summed E-state index contributed by atoms with van der Waals surface area (Å²) in [5, 5.41) is 2.72. The Labute approximate surface area is 43.3 Å². The van der Waals surface area contributed by atoms with Gasteiger partial charge in [0, 0.05) is 19.1 Å². The fourth-order valence-corrected chi connectivity index (χ4v) is 0.155. The topological polar surface area (TPSA) is 24.4 Å². The van der Waals surface area contributed by atoms with Gasteiger partial charge < -0.3 is 5.32 Å². The molecule has 0 saturated heterocycles. The van der Waals surface area contributed by atoms with Crippen molar-refractivity contribution in [3.63, 3.8) is 0 Å². The van der Waals surface area contributed by atoms with Crippen LogP contribution in [0.4, 0.5) is 0 Å². The lowest BCUT2D eigenvalue weighted by molar-refractivity contribution is 1.12. The van der Waals surface area contributed by atoms with Crippen LogP contribution in [-0.2, 0) is 0 Å². The molecule has 0 spiro atoms. The molecule has 0 heterocycles. The Morgan fingerprint density at radius 3 is 3.00 bits per heavy atom. The first-order valence-electron chi connectivity index (χ1n) is 1.97. The molecule has 2 nitrogen and oxygen atoms in total. The lowest BCUT2D eigenvalue weighted by Gasteiger charge is -1.72. The van der Waals surface area contributed by atoms with E-state index in [4.69, 9.17) is 0 Å². The first kappa shape index (κ1) is 5.99. The molecule has 0 unspecified atom stereocenters. The minimum Gasteiger partial charge on any atom is -0.386 e. The number of hydrogen-bond acceptors (Lipinski definition) is 2. The van der Waals surface area contributed by atoms with E-state index >= 15 is 0 Å². The molecule has 0 aliphatic rings. The average Bonchev–Trinajstić information content (AvgIpc) is 1.69. The molecule has 0 atom stereocenters. The summed E-state index contributed by atoms with van der Waals surface area (Å²) >= 11 is 0. The molecule has 0 aliphatic heterocycles. The van der Waals surface area contributed by atoms with E-state index in [0.29, 0.717) is 0 Å². The third kappa shape index (κ3) is 4.99. The van der Waals surface area contributed by atoms with Gasteiger partial charge in [0.15, 0.2) is 0 Å². The molecule has 1 N–H and O–H groups in total. The second-order valence-electron chi connectivity index (χ2n) is 0.874. The highest BCUT2D eigenvalue weighted by atomic mass is 14.8. The van der Waals surface area contributed by atoms with Crippen LogP contribution in [0, 0.1) is 0 Å². The number of nitrogens with one attached hydrogen (secondary N) is 1. The SMILES string of the molecule is C=CN=C=CNC. The number of hydrogen-bond donors (Lipinski definition) is 1. The Hall–Kier alpha value is -1.01. The Morgan fingerprint density at radius 1 is 1.86 bits per heavy atom. The Balaban J connectivity index is 3.40. The van der Waals surface area contributed by atoms with Gasteiger partial charge in [0.1, 0.15) is 0 Å². The summed E-state index contributed by atoms with van der Waals surface area (Å²) in [6.07, 6.45) is 3.02. The molecule has 0 bridgehead atoms. The molecule has 2 heteroatoms. The van der Waals surface area contributed by atoms with Crippen molar-refractivity contribution in [2.45, 2.75) is 0 Å². The van der Waals surface area contributed by atoms with E-state index in [9.17, 15) is 0 Å². The zero-order chi connectivity index (χ0) is 5.54. The van der Waals surface area contributed by atoms with Crippen molar-refractivity contribution in [3.05, 3.63) is 19.0 Å². The molecule has 0 aliphatic carbocycles. The number of aliphatic imine (C=N–C) groups is 1. The first-order chi connectivity index (χ1) is 3.41. The highest BCUT2D eigenvalue weighted by molar-refractivity contribution is 5.51. The predicted molar refractivity (Wildman–Crippen MR) is 31.3 cm³/mol. The predicted octanol–water partition coefficient (Wildman–Crippen LogP) is 0.533. The summed E-state index contributed by atoms with van der Waals surface area (Å²) in [7, 11) is 1.78. The largest absolute Gasteiger partial charge is 0.386 e. The quantitative estimate of drug-likeness (QED) is 0.498. The van der Waals surface area contributed by atoms with Crippen molar-refractivity contribution in [2.75, 3.05) is 7.05 Å². The van der Waals surface area contributed by atoms with Gasteiger partial charge in [-0.3, -0.25) is 0 Å². The van der Waals surface area contributed by atoms with E-state index in [2.05, 4.69) is 22.8 Å². The maximum Gasteiger partial charge on any atom is 0.0593 e. The van der Waals surface area contributed by atoms with E-state index < -0.39 is 0 Å². The number of nitrogens with zero attached hydrogens (tertiary/aromatic N) is 1. The van der Waals surface area contributed by atoms with Gasteiger partial charge in [-0.15, -0.1) is 0 Å². The van der Waals surface area contributed by atoms with E-state index in [0.717, 1.165) is 0 Å².